The van der Waals surface area contributed by atoms with Gasteiger partial charge in [-0.3, -0.25) is 4.90 Å². The molecule has 1 aromatic heterocycles. The van der Waals surface area contributed by atoms with Crippen LogP contribution < -0.4 is 15.4 Å². The van der Waals surface area contributed by atoms with Gasteiger partial charge in [0, 0.05) is 47.6 Å². The summed E-state index contributed by atoms with van der Waals surface area (Å²) in [6.45, 7) is -1.61. The van der Waals surface area contributed by atoms with E-state index in [0.717, 1.165) is 6.07 Å². The third kappa shape index (κ3) is 4.95. The van der Waals surface area contributed by atoms with Gasteiger partial charge in [-0.15, -0.1) is 0 Å². The molecule has 0 unspecified atom stereocenters. The number of fused-ring (bicyclic) bond motifs is 3. The number of rotatable bonds is 6. The lowest BCUT2D eigenvalue weighted by Gasteiger charge is -2.31. The van der Waals surface area contributed by atoms with Crippen molar-refractivity contribution in [2.75, 3.05) is 50.0 Å². The standard InChI is InChI=1S/C32H32ClF6N5O2/c33-22-10-20-27(26(36)23(22)19-9-17(40)8-18(15-2-3-15)24(19)32(37,38)39)41-30(46-14-31-4-1-5-43(31)12-16(34)11-31)42-29(20)44-6-7-45-13-21-25(35)28(21)44/h8-10,15-16,21,25,28H,1-7,11-14,40H2/t16-,21-,25-,28-,31+/m1/s1/i14D2. The maximum Gasteiger partial charge on any atom is 0.417 e. The van der Waals surface area contributed by atoms with E-state index in [1.807, 2.05) is 0 Å². The minimum Gasteiger partial charge on any atom is -0.461 e. The number of hydrogen-bond donors (Lipinski definition) is 1. The second-order valence-electron chi connectivity index (χ2n) is 13.0. The number of anilines is 2. The molecule has 246 valence electrons. The highest BCUT2D eigenvalue weighted by atomic mass is 35.5. The summed E-state index contributed by atoms with van der Waals surface area (Å²) >= 11 is 6.64. The minimum atomic E-state index is -4.88. The van der Waals surface area contributed by atoms with Crippen molar-refractivity contribution in [3.8, 4) is 17.1 Å². The number of halogens is 7. The Labute approximate surface area is 268 Å². The molecule has 2 aliphatic carbocycles. The van der Waals surface area contributed by atoms with E-state index in [0.29, 0.717) is 32.2 Å². The van der Waals surface area contributed by atoms with Crippen LogP contribution >= 0.6 is 11.6 Å². The highest BCUT2D eigenvalue weighted by molar-refractivity contribution is 6.34. The normalized spacial score (nSPS) is 30.5. The van der Waals surface area contributed by atoms with Gasteiger partial charge in [0.2, 0.25) is 0 Å². The summed E-state index contributed by atoms with van der Waals surface area (Å²) in [7, 11) is 0. The molecular weight excluding hydrogens is 636 g/mol. The number of aromatic nitrogens is 2. The molecule has 5 aliphatic rings. The van der Waals surface area contributed by atoms with Crippen molar-refractivity contribution in [1.29, 1.82) is 0 Å². The second-order valence-corrected chi connectivity index (χ2v) is 13.4. The van der Waals surface area contributed by atoms with Crippen LogP contribution in [0.2, 0.25) is 5.02 Å². The molecule has 0 amide bonds. The average Bonchev–Trinajstić information content (AvgIpc) is 3.88. The van der Waals surface area contributed by atoms with Gasteiger partial charge in [0.1, 0.15) is 30.2 Å². The average molecular weight is 670 g/mol. The van der Waals surface area contributed by atoms with Crippen molar-refractivity contribution in [3.05, 3.63) is 40.2 Å². The van der Waals surface area contributed by atoms with Crippen LogP contribution in [0.1, 0.15) is 51.9 Å². The van der Waals surface area contributed by atoms with Crippen LogP contribution in [-0.4, -0.2) is 78.2 Å². The van der Waals surface area contributed by atoms with Crippen LogP contribution in [0, 0.1) is 11.7 Å². The van der Waals surface area contributed by atoms with E-state index in [-0.39, 0.29) is 66.1 Å². The number of hydrogen-bond acceptors (Lipinski definition) is 7. The molecule has 46 heavy (non-hydrogen) atoms. The van der Waals surface area contributed by atoms with Gasteiger partial charge in [-0.1, -0.05) is 11.6 Å². The van der Waals surface area contributed by atoms with Crippen LogP contribution in [0.15, 0.2) is 18.2 Å². The molecule has 5 atom stereocenters. The first-order chi connectivity index (χ1) is 22.7. The Hall–Kier alpha value is -3.03. The van der Waals surface area contributed by atoms with Gasteiger partial charge < -0.3 is 20.1 Å². The molecule has 8 rings (SSSR count). The second kappa shape index (κ2) is 10.7. The highest BCUT2D eigenvalue weighted by Crippen LogP contribution is 2.52. The third-order valence-corrected chi connectivity index (χ3v) is 10.3. The first-order valence-corrected chi connectivity index (χ1v) is 15.9. The van der Waals surface area contributed by atoms with Crippen LogP contribution in [0.3, 0.4) is 0 Å². The van der Waals surface area contributed by atoms with E-state index >= 15 is 4.39 Å². The summed E-state index contributed by atoms with van der Waals surface area (Å²) in [5.41, 5.74) is 1.98. The Bertz CT molecular complexity index is 1820. The smallest absolute Gasteiger partial charge is 0.417 e. The van der Waals surface area contributed by atoms with Crippen molar-refractivity contribution in [1.82, 2.24) is 14.9 Å². The maximum absolute atomic E-state index is 16.9. The monoisotopic (exact) mass is 669 g/mol. The summed E-state index contributed by atoms with van der Waals surface area (Å²) in [6.07, 6.45) is -5.63. The van der Waals surface area contributed by atoms with Crippen molar-refractivity contribution in [2.45, 2.75) is 68.1 Å². The molecular formula is C32H32ClF6N5O2. The zero-order valence-corrected chi connectivity index (χ0v) is 25.3. The lowest BCUT2D eigenvalue weighted by molar-refractivity contribution is -0.137. The van der Waals surface area contributed by atoms with E-state index in [1.54, 1.807) is 9.80 Å². The van der Waals surface area contributed by atoms with E-state index in [9.17, 15) is 22.0 Å². The van der Waals surface area contributed by atoms with E-state index in [4.69, 9.17) is 29.5 Å². The minimum absolute atomic E-state index is 0.00232. The number of nitrogens with two attached hydrogens (primary N) is 1. The first-order valence-electron chi connectivity index (χ1n) is 16.5. The van der Waals surface area contributed by atoms with Gasteiger partial charge in [-0.2, -0.15) is 23.1 Å². The van der Waals surface area contributed by atoms with Crippen LogP contribution in [-0.2, 0) is 10.9 Å². The predicted octanol–water partition coefficient (Wildman–Crippen LogP) is 6.70. The SMILES string of the molecule is [2H]C([2H])(Oc1nc(N2CCOC[C@@H]3[C@@H](F)[C@@H]32)c2cc(Cl)c(-c3cc(N)cc(C4CC4)c3C(F)(F)F)c(F)c2n1)[C@@]12CCCN1C[C@H](F)C2. The number of nitrogen functional groups attached to an aromatic ring is 1. The zero-order valence-electron chi connectivity index (χ0n) is 26.5. The first kappa shape index (κ1) is 28.0. The van der Waals surface area contributed by atoms with E-state index < -0.39 is 76.6 Å². The van der Waals surface area contributed by atoms with Crippen molar-refractivity contribution >= 4 is 34.0 Å². The third-order valence-electron chi connectivity index (χ3n) is 9.99. The maximum atomic E-state index is 16.9. The molecule has 3 saturated heterocycles. The van der Waals surface area contributed by atoms with Gasteiger partial charge >= 0.3 is 12.2 Å². The largest absolute Gasteiger partial charge is 0.461 e. The molecule has 2 N–H and O–H groups in total. The topological polar surface area (TPSA) is 76.7 Å². The summed E-state index contributed by atoms with van der Waals surface area (Å²) in [4.78, 5) is 11.9. The van der Waals surface area contributed by atoms with E-state index in [1.165, 1.54) is 12.1 Å². The fourth-order valence-corrected chi connectivity index (χ4v) is 7.97. The Morgan fingerprint density at radius 2 is 1.98 bits per heavy atom. The summed E-state index contributed by atoms with van der Waals surface area (Å²) in [5, 5.41) is -0.401. The Morgan fingerprint density at radius 3 is 2.74 bits per heavy atom. The molecule has 4 heterocycles. The summed E-state index contributed by atoms with van der Waals surface area (Å²) < 4.78 is 120. The molecule has 5 fully saturated rings. The van der Waals surface area contributed by atoms with Crippen LogP contribution in [0.5, 0.6) is 6.01 Å². The molecule has 2 aromatic carbocycles. The predicted molar refractivity (Wildman–Crippen MR) is 160 cm³/mol. The molecule has 14 heteroatoms. The summed E-state index contributed by atoms with van der Waals surface area (Å²) in [6, 6.07) is 2.19. The zero-order chi connectivity index (χ0) is 33.9. The summed E-state index contributed by atoms with van der Waals surface area (Å²) in [5.74, 6) is -2.15. The van der Waals surface area contributed by atoms with Crippen molar-refractivity contribution < 1.29 is 38.6 Å². The van der Waals surface area contributed by atoms with Gasteiger partial charge in [0.15, 0.2) is 5.82 Å². The Balaban J connectivity index is 1.33. The van der Waals surface area contributed by atoms with Gasteiger partial charge in [0.25, 0.3) is 0 Å². The molecule has 0 radical (unpaired) electrons. The molecule has 2 saturated carbocycles. The van der Waals surface area contributed by atoms with Gasteiger partial charge in [-0.05, 0) is 61.9 Å². The fourth-order valence-electron chi connectivity index (χ4n) is 7.68. The lowest BCUT2D eigenvalue weighted by atomic mass is 9.91. The molecule has 7 nitrogen and oxygen atoms in total. The van der Waals surface area contributed by atoms with Crippen LogP contribution in [0.4, 0.5) is 37.8 Å². The lowest BCUT2D eigenvalue weighted by Crippen LogP contribution is -2.43. The van der Waals surface area contributed by atoms with Crippen molar-refractivity contribution in [2.24, 2.45) is 5.92 Å². The fraction of sp³-hybridized carbons (Fsp3) is 0.562. The highest BCUT2D eigenvalue weighted by Gasteiger charge is 2.56. The molecule has 3 aromatic rings. The molecule has 0 bridgehead atoms. The van der Waals surface area contributed by atoms with Crippen LogP contribution in [0.25, 0.3) is 22.0 Å². The van der Waals surface area contributed by atoms with E-state index in [2.05, 4.69) is 9.97 Å². The Morgan fingerprint density at radius 1 is 1.17 bits per heavy atom. The van der Waals surface area contributed by atoms with Gasteiger partial charge in [-0.25, -0.2) is 13.2 Å². The number of ether oxygens (including phenoxy) is 2. The van der Waals surface area contributed by atoms with Crippen molar-refractivity contribution in [3.63, 3.8) is 0 Å². The molecule has 3 aliphatic heterocycles. The number of benzene rings is 2. The molecule has 0 spiro atoms. The number of alkyl halides is 5. The number of nitrogens with zero attached hydrogens (tertiary/aromatic N) is 4. The van der Waals surface area contributed by atoms with Gasteiger partial charge in [0.05, 0.1) is 38.1 Å². The Kier molecular flexibility index (Phi) is 6.55. The quantitative estimate of drug-likeness (QED) is 0.231.